The molecule has 19 heavy (non-hydrogen) atoms. The normalized spacial score (nSPS) is 11.4. The Labute approximate surface area is 118 Å². The van der Waals surface area contributed by atoms with Gasteiger partial charge in [-0.05, 0) is 43.5 Å². The van der Waals surface area contributed by atoms with E-state index in [0.29, 0.717) is 25.9 Å². The van der Waals surface area contributed by atoms with Gasteiger partial charge in [0.25, 0.3) is 0 Å². The maximum Gasteiger partial charge on any atom is 0.189 e. The van der Waals surface area contributed by atoms with Crippen LogP contribution in [-0.4, -0.2) is 19.9 Å². The van der Waals surface area contributed by atoms with Crippen LogP contribution in [0.4, 0.5) is 0 Å². The van der Waals surface area contributed by atoms with Gasteiger partial charge in [0.1, 0.15) is 5.75 Å². The molecule has 0 aliphatic heterocycles. The van der Waals surface area contributed by atoms with Crippen molar-refractivity contribution in [3.8, 4) is 5.75 Å². The van der Waals surface area contributed by atoms with Gasteiger partial charge < -0.3 is 15.2 Å². The Kier molecular flexibility index (Phi) is 11.3. The van der Waals surface area contributed by atoms with Gasteiger partial charge in [-0.25, -0.2) is 0 Å². The van der Waals surface area contributed by atoms with Crippen LogP contribution >= 0.6 is 0 Å². The molecule has 0 saturated carbocycles. The molecule has 0 bridgehead atoms. The van der Waals surface area contributed by atoms with E-state index in [4.69, 9.17) is 15.2 Å². The second-order valence-electron chi connectivity index (χ2n) is 4.05. The van der Waals surface area contributed by atoms with Crippen LogP contribution in [0.1, 0.15) is 52.0 Å². The molecule has 1 unspecified atom stereocenters. The number of hydrogen-bond acceptors (Lipinski definition) is 3. The zero-order valence-electron chi connectivity index (χ0n) is 12.8. The van der Waals surface area contributed by atoms with Gasteiger partial charge in [-0.3, -0.25) is 0 Å². The van der Waals surface area contributed by atoms with E-state index in [1.807, 2.05) is 32.9 Å². The standard InChI is InChI=1S/C14H23NO2.C2H6/c1-3-6-13(10-15)12-7-5-8-14(9-12)17-11-16-4-2;1-2/h5,7-9,13H,3-4,6,10-11,15H2,1-2H3;1-2H3. The fraction of sp³-hybridized carbons (Fsp3) is 0.625. The Morgan fingerprint density at radius 3 is 2.53 bits per heavy atom. The smallest absolute Gasteiger partial charge is 0.189 e. The topological polar surface area (TPSA) is 44.5 Å². The van der Waals surface area contributed by atoms with Gasteiger partial charge in [0, 0.05) is 6.61 Å². The zero-order valence-corrected chi connectivity index (χ0v) is 12.8. The van der Waals surface area contributed by atoms with Crippen LogP contribution in [0.5, 0.6) is 5.75 Å². The minimum Gasteiger partial charge on any atom is -0.468 e. The van der Waals surface area contributed by atoms with Crippen molar-refractivity contribution < 1.29 is 9.47 Å². The lowest BCUT2D eigenvalue weighted by Crippen LogP contribution is -2.12. The number of ether oxygens (including phenoxy) is 2. The molecule has 0 fully saturated rings. The summed E-state index contributed by atoms with van der Waals surface area (Å²) in [6.45, 7) is 9.79. The maximum atomic E-state index is 5.80. The lowest BCUT2D eigenvalue weighted by atomic mass is 9.94. The van der Waals surface area contributed by atoms with E-state index in [0.717, 1.165) is 18.6 Å². The Bertz CT molecular complexity index is 315. The van der Waals surface area contributed by atoms with Crippen molar-refractivity contribution >= 4 is 0 Å². The average Bonchev–Trinajstić information content (AvgIpc) is 2.47. The van der Waals surface area contributed by atoms with Crippen molar-refractivity contribution in [2.45, 2.75) is 46.5 Å². The van der Waals surface area contributed by atoms with E-state index >= 15 is 0 Å². The highest BCUT2D eigenvalue weighted by Gasteiger charge is 2.09. The second kappa shape index (κ2) is 12.0. The molecule has 0 aliphatic rings. The summed E-state index contributed by atoms with van der Waals surface area (Å²) in [7, 11) is 0. The highest BCUT2D eigenvalue weighted by molar-refractivity contribution is 5.31. The highest BCUT2D eigenvalue weighted by atomic mass is 16.7. The van der Waals surface area contributed by atoms with Crippen LogP contribution in [0.25, 0.3) is 0 Å². The maximum absolute atomic E-state index is 5.80. The molecule has 0 heterocycles. The molecule has 0 saturated heterocycles. The van der Waals surface area contributed by atoms with Gasteiger partial charge in [-0.1, -0.05) is 39.3 Å². The fourth-order valence-corrected chi connectivity index (χ4v) is 1.82. The Balaban J connectivity index is 0.00000154. The first-order valence-corrected chi connectivity index (χ1v) is 7.32. The molecule has 0 amide bonds. The van der Waals surface area contributed by atoms with Crippen molar-refractivity contribution in [2.75, 3.05) is 19.9 Å². The summed E-state index contributed by atoms with van der Waals surface area (Å²) >= 11 is 0. The summed E-state index contributed by atoms with van der Waals surface area (Å²) in [6, 6.07) is 8.13. The van der Waals surface area contributed by atoms with Gasteiger partial charge in [-0.2, -0.15) is 0 Å². The van der Waals surface area contributed by atoms with E-state index in [1.54, 1.807) is 0 Å². The zero-order chi connectivity index (χ0) is 14.5. The quantitative estimate of drug-likeness (QED) is 0.573. The molecule has 1 aromatic carbocycles. The number of benzene rings is 1. The predicted molar refractivity (Wildman–Crippen MR) is 81.6 cm³/mol. The summed E-state index contributed by atoms with van der Waals surface area (Å²) in [5.74, 6) is 1.28. The van der Waals surface area contributed by atoms with Crippen LogP contribution < -0.4 is 10.5 Å². The van der Waals surface area contributed by atoms with Gasteiger partial charge in [0.05, 0.1) is 0 Å². The summed E-state index contributed by atoms with van der Waals surface area (Å²) < 4.78 is 10.7. The molecule has 3 nitrogen and oxygen atoms in total. The first-order chi connectivity index (χ1) is 9.31. The van der Waals surface area contributed by atoms with E-state index in [1.165, 1.54) is 5.56 Å². The first kappa shape index (κ1) is 17.9. The van der Waals surface area contributed by atoms with Gasteiger partial charge in [-0.15, -0.1) is 0 Å². The number of rotatable bonds is 8. The SMILES string of the molecule is CC.CCCC(CN)c1cccc(OCOCC)c1. The lowest BCUT2D eigenvalue weighted by Gasteiger charge is -2.15. The predicted octanol–water partition coefficient (Wildman–Crippen LogP) is 3.93. The monoisotopic (exact) mass is 267 g/mol. The van der Waals surface area contributed by atoms with E-state index in [2.05, 4.69) is 19.1 Å². The minimum absolute atomic E-state index is 0.307. The van der Waals surface area contributed by atoms with E-state index in [9.17, 15) is 0 Å². The first-order valence-electron chi connectivity index (χ1n) is 7.32. The van der Waals surface area contributed by atoms with Crippen molar-refractivity contribution in [1.29, 1.82) is 0 Å². The molecule has 110 valence electrons. The molecule has 1 atom stereocenters. The number of hydrogen-bond donors (Lipinski definition) is 1. The summed E-state index contributed by atoms with van der Waals surface area (Å²) in [5, 5.41) is 0. The highest BCUT2D eigenvalue weighted by Crippen LogP contribution is 2.23. The van der Waals surface area contributed by atoms with Crippen LogP contribution in [0.15, 0.2) is 24.3 Å². The van der Waals surface area contributed by atoms with Crippen LogP contribution in [0.3, 0.4) is 0 Å². The van der Waals surface area contributed by atoms with Crippen molar-refractivity contribution in [3.05, 3.63) is 29.8 Å². The van der Waals surface area contributed by atoms with Gasteiger partial charge in [0.2, 0.25) is 0 Å². The molecule has 1 rings (SSSR count). The summed E-state index contributed by atoms with van der Waals surface area (Å²) in [4.78, 5) is 0. The fourth-order valence-electron chi connectivity index (χ4n) is 1.82. The molecule has 3 heteroatoms. The molecule has 0 spiro atoms. The average molecular weight is 267 g/mol. The third-order valence-corrected chi connectivity index (χ3v) is 2.76. The lowest BCUT2D eigenvalue weighted by molar-refractivity contribution is 0.0223. The van der Waals surface area contributed by atoms with Crippen LogP contribution in [0, 0.1) is 0 Å². The van der Waals surface area contributed by atoms with E-state index < -0.39 is 0 Å². The molecular weight excluding hydrogens is 238 g/mol. The third kappa shape index (κ3) is 7.19. The van der Waals surface area contributed by atoms with E-state index in [-0.39, 0.29) is 0 Å². The molecule has 2 N–H and O–H groups in total. The van der Waals surface area contributed by atoms with Crippen molar-refractivity contribution in [1.82, 2.24) is 0 Å². The molecule has 0 aromatic heterocycles. The Morgan fingerprint density at radius 2 is 1.95 bits per heavy atom. The summed E-state index contributed by atoms with van der Waals surface area (Å²) in [5.41, 5.74) is 7.05. The molecule has 0 radical (unpaired) electrons. The molecule has 0 aliphatic carbocycles. The second-order valence-corrected chi connectivity index (χ2v) is 4.05. The third-order valence-electron chi connectivity index (χ3n) is 2.76. The van der Waals surface area contributed by atoms with Crippen molar-refractivity contribution in [2.24, 2.45) is 5.73 Å². The minimum atomic E-state index is 0.307. The van der Waals surface area contributed by atoms with Gasteiger partial charge in [0.15, 0.2) is 6.79 Å². The Morgan fingerprint density at radius 1 is 1.21 bits per heavy atom. The molecule has 1 aromatic rings. The van der Waals surface area contributed by atoms with Crippen LogP contribution in [0.2, 0.25) is 0 Å². The number of nitrogens with two attached hydrogens (primary N) is 1. The molecular formula is C16H29NO2. The Hall–Kier alpha value is -1.06. The van der Waals surface area contributed by atoms with Gasteiger partial charge >= 0.3 is 0 Å². The van der Waals surface area contributed by atoms with Crippen molar-refractivity contribution in [3.63, 3.8) is 0 Å². The summed E-state index contributed by atoms with van der Waals surface area (Å²) in [6.07, 6.45) is 2.26. The largest absolute Gasteiger partial charge is 0.468 e. The van der Waals surface area contributed by atoms with Crippen LogP contribution in [-0.2, 0) is 4.74 Å².